The quantitative estimate of drug-likeness (QED) is 0.612. The normalized spacial score (nSPS) is 12.9. The zero-order valence-corrected chi connectivity index (χ0v) is 17.2. The van der Waals surface area contributed by atoms with Gasteiger partial charge in [0.25, 0.3) is 5.91 Å². The van der Waals surface area contributed by atoms with E-state index in [1.165, 1.54) is 28.8 Å². The first-order valence-corrected chi connectivity index (χ1v) is 9.47. The van der Waals surface area contributed by atoms with Crippen LogP contribution >= 0.6 is 0 Å². The predicted molar refractivity (Wildman–Crippen MR) is 109 cm³/mol. The molecule has 0 aliphatic heterocycles. The molecule has 0 amide bonds. The number of fused-ring (bicyclic) bond motifs is 1. The van der Waals surface area contributed by atoms with Gasteiger partial charge in [0.2, 0.25) is 0 Å². The molecule has 1 unspecified atom stereocenters. The van der Waals surface area contributed by atoms with Gasteiger partial charge in [0.1, 0.15) is 5.75 Å². The molecule has 7 heteroatoms. The third-order valence-electron chi connectivity index (χ3n) is 5.07. The molecule has 0 radical (unpaired) electrons. The number of carboxylic acid groups (broad SMARTS) is 1. The van der Waals surface area contributed by atoms with Crippen LogP contribution in [0, 0.1) is 24.0 Å². The van der Waals surface area contributed by atoms with Crippen LogP contribution in [0.5, 0.6) is 5.75 Å². The number of carbonyl (C=O) groups excluding carboxylic acids is 1. The fraction of sp³-hybridized carbons (Fsp3) is 0.304. The van der Waals surface area contributed by atoms with Crippen LogP contribution < -0.4 is 0 Å². The number of hydrogen-bond donors (Lipinski definition) is 2. The van der Waals surface area contributed by atoms with Crippen LogP contribution in [0.2, 0.25) is 0 Å². The molecule has 3 rings (SSSR count). The highest BCUT2D eigenvalue weighted by Gasteiger charge is 2.32. The first kappa shape index (κ1) is 21.5. The van der Waals surface area contributed by atoms with E-state index < -0.39 is 29.4 Å². The molecule has 30 heavy (non-hydrogen) atoms. The molecule has 0 saturated heterocycles. The number of benzene rings is 2. The van der Waals surface area contributed by atoms with Gasteiger partial charge in [-0.1, -0.05) is 20.8 Å². The lowest BCUT2D eigenvalue weighted by Crippen LogP contribution is -2.21. The van der Waals surface area contributed by atoms with E-state index in [0.29, 0.717) is 28.6 Å². The van der Waals surface area contributed by atoms with Crippen molar-refractivity contribution in [3.63, 3.8) is 0 Å². The van der Waals surface area contributed by atoms with Crippen LogP contribution in [0.4, 0.5) is 8.78 Å². The molecule has 0 aliphatic rings. The van der Waals surface area contributed by atoms with E-state index in [-0.39, 0.29) is 16.7 Å². The molecule has 0 saturated carbocycles. The number of carbonyl (C=O) groups is 2. The van der Waals surface area contributed by atoms with Gasteiger partial charge in [-0.15, -0.1) is 0 Å². The number of phenolic OH excluding ortho intramolecular Hbond substituents is 1. The van der Waals surface area contributed by atoms with Crippen LogP contribution in [0.15, 0.2) is 36.4 Å². The Bertz CT molecular complexity index is 1160. The smallest absolute Gasteiger partial charge is 0.311 e. The summed E-state index contributed by atoms with van der Waals surface area (Å²) in [5, 5.41) is 20.4. The minimum absolute atomic E-state index is 0.0685. The summed E-state index contributed by atoms with van der Waals surface area (Å²) in [6, 6.07) is 7.18. The molecule has 0 spiro atoms. The predicted octanol–water partition coefficient (Wildman–Crippen LogP) is 5.23. The first-order valence-electron chi connectivity index (χ1n) is 9.47. The third-order valence-corrected chi connectivity index (χ3v) is 5.07. The van der Waals surface area contributed by atoms with E-state index in [1.807, 2.05) is 20.8 Å². The maximum absolute atomic E-state index is 13.7. The lowest BCUT2D eigenvalue weighted by molar-refractivity contribution is -0.139. The molecule has 5 nitrogen and oxygen atoms in total. The summed E-state index contributed by atoms with van der Waals surface area (Å²) in [6.07, 6.45) is 0.303. The molecule has 1 aromatic heterocycles. The van der Waals surface area contributed by atoms with Crippen molar-refractivity contribution in [2.45, 2.75) is 40.0 Å². The van der Waals surface area contributed by atoms with E-state index in [0.717, 1.165) is 12.1 Å². The topological polar surface area (TPSA) is 79.5 Å². The van der Waals surface area contributed by atoms with E-state index in [9.17, 15) is 28.6 Å². The number of rotatable bonds is 4. The Hall–Kier alpha value is -3.22. The van der Waals surface area contributed by atoms with Crippen LogP contribution in [0.1, 0.15) is 54.7 Å². The van der Waals surface area contributed by atoms with Gasteiger partial charge in [-0.25, -0.2) is 8.78 Å². The fourth-order valence-electron chi connectivity index (χ4n) is 3.82. The standard InChI is InChI=1S/C23H23F2NO4/c1-12-20(16(22(29)30)11-23(2,3)4)15-10-14(27)6-8-19(15)26(12)21(28)13-5-7-17(24)18(25)9-13/h5-10,16,27H,11H2,1-4H3,(H,29,30). The van der Waals surface area contributed by atoms with Gasteiger partial charge in [-0.05, 0) is 60.7 Å². The number of carboxylic acids is 1. The fourth-order valence-corrected chi connectivity index (χ4v) is 3.82. The Kier molecular flexibility index (Phi) is 5.41. The summed E-state index contributed by atoms with van der Waals surface area (Å²) >= 11 is 0. The molecule has 158 valence electrons. The lowest BCUT2D eigenvalue weighted by Gasteiger charge is -2.24. The van der Waals surface area contributed by atoms with Gasteiger partial charge in [-0.3, -0.25) is 14.2 Å². The zero-order valence-electron chi connectivity index (χ0n) is 17.2. The minimum Gasteiger partial charge on any atom is -0.508 e. The average molecular weight is 415 g/mol. The highest BCUT2D eigenvalue weighted by Crippen LogP contribution is 2.39. The van der Waals surface area contributed by atoms with Crippen molar-refractivity contribution in [1.29, 1.82) is 0 Å². The second-order valence-corrected chi connectivity index (χ2v) is 8.63. The molecule has 1 heterocycles. The highest BCUT2D eigenvalue weighted by atomic mass is 19.2. The van der Waals surface area contributed by atoms with Crippen molar-refractivity contribution in [3.8, 4) is 5.75 Å². The maximum atomic E-state index is 13.7. The number of aromatic nitrogens is 1. The summed E-state index contributed by atoms with van der Waals surface area (Å²) in [6.45, 7) is 7.37. The molecule has 0 aliphatic carbocycles. The van der Waals surface area contributed by atoms with E-state index in [1.54, 1.807) is 6.92 Å². The Morgan fingerprint density at radius 2 is 1.73 bits per heavy atom. The van der Waals surface area contributed by atoms with Crippen LogP contribution in [-0.4, -0.2) is 26.7 Å². The molecule has 2 N–H and O–H groups in total. The Labute approximate surface area is 172 Å². The van der Waals surface area contributed by atoms with E-state index in [2.05, 4.69) is 0 Å². The highest BCUT2D eigenvalue weighted by molar-refractivity contribution is 6.05. The minimum atomic E-state index is -1.15. The van der Waals surface area contributed by atoms with Gasteiger partial charge in [0.15, 0.2) is 11.6 Å². The van der Waals surface area contributed by atoms with E-state index in [4.69, 9.17) is 0 Å². The van der Waals surface area contributed by atoms with Gasteiger partial charge >= 0.3 is 5.97 Å². The van der Waals surface area contributed by atoms with Crippen molar-refractivity contribution >= 4 is 22.8 Å². The second-order valence-electron chi connectivity index (χ2n) is 8.63. The van der Waals surface area contributed by atoms with Crippen LogP contribution in [0.3, 0.4) is 0 Å². The first-order chi connectivity index (χ1) is 13.9. The van der Waals surface area contributed by atoms with Crippen LogP contribution in [0.25, 0.3) is 10.9 Å². The Balaban J connectivity index is 2.29. The molecular formula is C23H23F2NO4. The number of phenols is 1. The van der Waals surface area contributed by atoms with Gasteiger partial charge in [0.05, 0.1) is 11.4 Å². The third kappa shape index (κ3) is 3.92. The molecular weight excluding hydrogens is 392 g/mol. The molecule has 2 aromatic carbocycles. The Morgan fingerprint density at radius 1 is 1.07 bits per heavy atom. The Morgan fingerprint density at radius 3 is 2.30 bits per heavy atom. The van der Waals surface area contributed by atoms with Crippen molar-refractivity contribution < 1.29 is 28.6 Å². The summed E-state index contributed by atoms with van der Waals surface area (Å²) in [4.78, 5) is 25.3. The van der Waals surface area contributed by atoms with Gasteiger partial charge < -0.3 is 10.2 Å². The van der Waals surface area contributed by atoms with E-state index >= 15 is 0 Å². The SMILES string of the molecule is Cc1c(C(CC(C)(C)C)C(=O)O)c2cc(O)ccc2n1C(=O)c1ccc(F)c(F)c1. The number of hydrogen-bond acceptors (Lipinski definition) is 3. The summed E-state index contributed by atoms with van der Waals surface area (Å²) in [7, 11) is 0. The van der Waals surface area contributed by atoms with Gasteiger partial charge in [-0.2, -0.15) is 0 Å². The number of aromatic hydroxyl groups is 1. The number of nitrogens with zero attached hydrogens (tertiary/aromatic N) is 1. The van der Waals surface area contributed by atoms with Crippen molar-refractivity contribution in [3.05, 3.63) is 64.9 Å². The summed E-state index contributed by atoms with van der Waals surface area (Å²) in [5.41, 5.74) is 0.790. The van der Waals surface area contributed by atoms with Gasteiger partial charge in [0, 0.05) is 16.6 Å². The lowest BCUT2D eigenvalue weighted by atomic mass is 9.80. The monoisotopic (exact) mass is 415 g/mol. The maximum Gasteiger partial charge on any atom is 0.311 e. The number of aliphatic carboxylic acids is 1. The van der Waals surface area contributed by atoms with Crippen LogP contribution in [-0.2, 0) is 4.79 Å². The largest absolute Gasteiger partial charge is 0.508 e. The number of halogens is 2. The second kappa shape index (κ2) is 7.55. The van der Waals surface area contributed by atoms with Crippen molar-refractivity contribution in [2.75, 3.05) is 0 Å². The summed E-state index contributed by atoms with van der Waals surface area (Å²) < 4.78 is 28.3. The molecule has 0 bridgehead atoms. The molecule has 1 atom stereocenters. The van der Waals surface area contributed by atoms with Crippen molar-refractivity contribution in [2.24, 2.45) is 5.41 Å². The zero-order chi connectivity index (χ0) is 22.4. The average Bonchev–Trinajstić information content (AvgIpc) is 2.91. The molecule has 3 aromatic rings. The van der Waals surface area contributed by atoms with Crippen molar-refractivity contribution in [1.82, 2.24) is 4.57 Å². The summed E-state index contributed by atoms with van der Waals surface area (Å²) in [5.74, 6) is -4.87. The molecule has 0 fully saturated rings.